The number of methoxy groups -OCH3 is 1. The van der Waals surface area contributed by atoms with Gasteiger partial charge in [-0.15, -0.1) is 0 Å². The number of rotatable bonds is 9. The fraction of sp³-hybridized carbons (Fsp3) is 0.846. The molecule has 6 nitrogen and oxygen atoms in total. The summed E-state index contributed by atoms with van der Waals surface area (Å²) in [6.45, 7) is 3.33. The Morgan fingerprint density at radius 1 is 1.47 bits per heavy atom. The number of aromatic nitrogens is 2. The van der Waals surface area contributed by atoms with Gasteiger partial charge in [-0.1, -0.05) is 5.16 Å². The van der Waals surface area contributed by atoms with Crippen LogP contribution in [0.2, 0.25) is 0 Å². The summed E-state index contributed by atoms with van der Waals surface area (Å²) in [6, 6.07) is -0.224. The van der Waals surface area contributed by atoms with Gasteiger partial charge in [-0.25, -0.2) is 0 Å². The van der Waals surface area contributed by atoms with Gasteiger partial charge in [-0.2, -0.15) is 4.98 Å². The Morgan fingerprint density at radius 3 is 2.89 bits per heavy atom. The highest BCUT2D eigenvalue weighted by Crippen LogP contribution is 2.42. The van der Waals surface area contributed by atoms with Gasteiger partial charge in [0.25, 0.3) is 0 Å². The molecule has 2 atom stereocenters. The quantitative estimate of drug-likeness (QED) is 0.690. The molecule has 108 valence electrons. The van der Waals surface area contributed by atoms with Gasteiger partial charge < -0.3 is 19.7 Å². The molecule has 0 aromatic carbocycles. The van der Waals surface area contributed by atoms with Gasteiger partial charge in [0.15, 0.2) is 0 Å². The first-order valence-electron chi connectivity index (χ1n) is 6.95. The molecule has 2 rings (SSSR count). The third-order valence-corrected chi connectivity index (χ3v) is 3.29. The zero-order valence-electron chi connectivity index (χ0n) is 11.7. The molecule has 1 aromatic rings. The minimum Gasteiger partial charge on any atom is -0.385 e. The van der Waals surface area contributed by atoms with Crippen LogP contribution in [0.15, 0.2) is 4.52 Å². The highest BCUT2D eigenvalue weighted by atomic mass is 16.5. The van der Waals surface area contributed by atoms with Crippen molar-refractivity contribution in [2.45, 2.75) is 44.8 Å². The largest absolute Gasteiger partial charge is 0.385 e. The standard InChI is InChI=1S/C13H23N3O3/c1-3-18-11(9-6-7-9)12-15-13(19-16-12)10(14)5-4-8-17-2/h9-11H,3-8,14H2,1-2H3. The number of hydrogen-bond donors (Lipinski definition) is 1. The van der Waals surface area contributed by atoms with Crippen molar-refractivity contribution < 1.29 is 14.0 Å². The second kappa shape index (κ2) is 6.98. The van der Waals surface area contributed by atoms with Gasteiger partial charge in [0.2, 0.25) is 11.7 Å². The fourth-order valence-electron chi connectivity index (χ4n) is 2.08. The normalized spacial score (nSPS) is 18.5. The molecule has 6 heteroatoms. The second-order valence-corrected chi connectivity index (χ2v) is 4.95. The first-order valence-corrected chi connectivity index (χ1v) is 6.95. The van der Waals surface area contributed by atoms with E-state index in [1.807, 2.05) is 6.92 Å². The smallest absolute Gasteiger partial charge is 0.243 e. The summed E-state index contributed by atoms with van der Waals surface area (Å²) in [6.07, 6.45) is 3.97. The monoisotopic (exact) mass is 269 g/mol. The minimum atomic E-state index is -0.224. The predicted molar refractivity (Wildman–Crippen MR) is 69.4 cm³/mol. The Hall–Kier alpha value is -0.980. The Balaban J connectivity index is 1.93. The Morgan fingerprint density at radius 2 is 2.26 bits per heavy atom. The molecule has 0 bridgehead atoms. The van der Waals surface area contributed by atoms with Crippen molar-refractivity contribution >= 4 is 0 Å². The average molecular weight is 269 g/mol. The lowest BCUT2D eigenvalue weighted by Gasteiger charge is -2.11. The van der Waals surface area contributed by atoms with Crippen LogP contribution in [-0.2, 0) is 9.47 Å². The molecule has 1 aromatic heterocycles. The molecular weight excluding hydrogens is 246 g/mol. The molecule has 0 radical (unpaired) electrons. The zero-order chi connectivity index (χ0) is 13.7. The summed E-state index contributed by atoms with van der Waals surface area (Å²) in [4.78, 5) is 4.40. The molecule has 19 heavy (non-hydrogen) atoms. The molecule has 0 saturated heterocycles. The van der Waals surface area contributed by atoms with Crippen LogP contribution in [-0.4, -0.2) is 30.5 Å². The topological polar surface area (TPSA) is 83.4 Å². The number of nitrogens with two attached hydrogens (primary N) is 1. The molecule has 1 aliphatic rings. The van der Waals surface area contributed by atoms with Gasteiger partial charge >= 0.3 is 0 Å². The SMILES string of the molecule is CCOC(c1noc(C(N)CCCOC)n1)C1CC1. The van der Waals surface area contributed by atoms with Gasteiger partial charge in [0, 0.05) is 20.3 Å². The summed E-state index contributed by atoms with van der Waals surface area (Å²) in [5.41, 5.74) is 6.02. The van der Waals surface area contributed by atoms with Crippen LogP contribution in [0, 0.1) is 5.92 Å². The maximum absolute atomic E-state index is 6.02. The van der Waals surface area contributed by atoms with Crippen molar-refractivity contribution in [3.8, 4) is 0 Å². The lowest BCUT2D eigenvalue weighted by atomic mass is 10.1. The van der Waals surface area contributed by atoms with Gasteiger partial charge in [0.05, 0.1) is 6.04 Å². The van der Waals surface area contributed by atoms with E-state index in [2.05, 4.69) is 10.1 Å². The minimum absolute atomic E-state index is 0.0336. The number of nitrogens with zero attached hydrogens (tertiary/aromatic N) is 2. The van der Waals surface area contributed by atoms with Crippen molar-refractivity contribution in [2.24, 2.45) is 11.7 Å². The maximum Gasteiger partial charge on any atom is 0.243 e. The van der Waals surface area contributed by atoms with Crippen molar-refractivity contribution in [3.05, 3.63) is 11.7 Å². The summed E-state index contributed by atoms with van der Waals surface area (Å²) in [5.74, 6) is 1.67. The molecule has 0 amide bonds. The molecular formula is C13H23N3O3. The van der Waals surface area contributed by atoms with E-state index in [1.165, 1.54) is 12.8 Å². The maximum atomic E-state index is 6.02. The van der Waals surface area contributed by atoms with E-state index in [9.17, 15) is 0 Å². The Labute approximate surface area is 113 Å². The lowest BCUT2D eigenvalue weighted by molar-refractivity contribution is 0.0384. The molecule has 2 N–H and O–H groups in total. The van der Waals surface area contributed by atoms with E-state index >= 15 is 0 Å². The van der Waals surface area contributed by atoms with E-state index in [0.29, 0.717) is 30.8 Å². The van der Waals surface area contributed by atoms with E-state index in [4.69, 9.17) is 19.7 Å². The third kappa shape index (κ3) is 3.99. The van der Waals surface area contributed by atoms with Crippen LogP contribution < -0.4 is 5.73 Å². The average Bonchev–Trinajstić information content (AvgIpc) is 3.13. The Bertz CT molecular complexity index is 379. The van der Waals surface area contributed by atoms with Crippen LogP contribution in [0.3, 0.4) is 0 Å². The molecule has 0 aliphatic heterocycles. The first-order chi connectivity index (χ1) is 9.26. The van der Waals surface area contributed by atoms with Crippen molar-refractivity contribution in [1.29, 1.82) is 0 Å². The van der Waals surface area contributed by atoms with E-state index < -0.39 is 0 Å². The summed E-state index contributed by atoms with van der Waals surface area (Å²) in [5, 5.41) is 4.02. The summed E-state index contributed by atoms with van der Waals surface area (Å²) < 4.78 is 16.0. The van der Waals surface area contributed by atoms with E-state index in [0.717, 1.165) is 12.8 Å². The lowest BCUT2D eigenvalue weighted by Crippen LogP contribution is -2.13. The molecule has 0 spiro atoms. The Kier molecular flexibility index (Phi) is 5.30. The van der Waals surface area contributed by atoms with E-state index in [-0.39, 0.29) is 12.1 Å². The van der Waals surface area contributed by atoms with Crippen molar-refractivity contribution in [1.82, 2.24) is 10.1 Å². The van der Waals surface area contributed by atoms with Crippen LogP contribution in [0.1, 0.15) is 56.5 Å². The highest BCUT2D eigenvalue weighted by molar-refractivity contribution is 5.00. The molecule has 2 unspecified atom stereocenters. The van der Waals surface area contributed by atoms with E-state index in [1.54, 1.807) is 7.11 Å². The van der Waals surface area contributed by atoms with Crippen LogP contribution in [0.5, 0.6) is 0 Å². The summed E-state index contributed by atoms with van der Waals surface area (Å²) in [7, 11) is 1.68. The van der Waals surface area contributed by atoms with Crippen molar-refractivity contribution in [2.75, 3.05) is 20.3 Å². The summed E-state index contributed by atoms with van der Waals surface area (Å²) >= 11 is 0. The zero-order valence-corrected chi connectivity index (χ0v) is 11.7. The molecule has 1 aliphatic carbocycles. The van der Waals surface area contributed by atoms with Gasteiger partial charge in [0.1, 0.15) is 6.10 Å². The van der Waals surface area contributed by atoms with Crippen LogP contribution in [0.25, 0.3) is 0 Å². The van der Waals surface area contributed by atoms with Gasteiger partial charge in [-0.3, -0.25) is 0 Å². The molecule has 1 saturated carbocycles. The first kappa shape index (κ1) is 14.4. The second-order valence-electron chi connectivity index (χ2n) is 4.95. The predicted octanol–water partition coefficient (Wildman–Crippen LogP) is 1.98. The molecule has 1 fully saturated rings. The van der Waals surface area contributed by atoms with Crippen LogP contribution >= 0.6 is 0 Å². The van der Waals surface area contributed by atoms with Crippen molar-refractivity contribution in [3.63, 3.8) is 0 Å². The number of hydrogen-bond acceptors (Lipinski definition) is 6. The third-order valence-electron chi connectivity index (χ3n) is 3.29. The fourth-order valence-corrected chi connectivity index (χ4v) is 2.08. The molecule has 1 heterocycles. The highest BCUT2D eigenvalue weighted by Gasteiger charge is 2.36. The number of ether oxygens (including phenoxy) is 2. The van der Waals surface area contributed by atoms with Crippen LogP contribution in [0.4, 0.5) is 0 Å². The van der Waals surface area contributed by atoms with Gasteiger partial charge in [-0.05, 0) is 38.5 Å².